The zero-order valence-electron chi connectivity index (χ0n) is 21.1. The fourth-order valence-electron chi connectivity index (χ4n) is 4.78. The van der Waals surface area contributed by atoms with E-state index in [-0.39, 0.29) is 12.0 Å². The molecule has 1 aromatic rings. The maximum atomic E-state index is 13.3. The number of amides is 2. The van der Waals surface area contributed by atoms with Gasteiger partial charge in [0, 0.05) is 24.8 Å². The minimum Gasteiger partial charge on any atom is -0.463 e. The standard InChI is InChI=1S/C26H40N4O3/c1-7-30-22(17-29(6)21-13-15-28(5)16-14-21)23(25(31)33-8-2)24(27-26(30)32)20-11-9-19(10-12-20)18(3)4/h9-12,18,21,24H,7-8,13-17H2,1-6H3,(H,27,32). The van der Waals surface area contributed by atoms with E-state index >= 15 is 0 Å². The topological polar surface area (TPSA) is 65.1 Å². The molecule has 2 aliphatic heterocycles. The molecule has 0 radical (unpaired) electrons. The molecule has 1 aromatic carbocycles. The first kappa shape index (κ1) is 25.2. The molecule has 0 aliphatic carbocycles. The summed E-state index contributed by atoms with van der Waals surface area (Å²) in [4.78, 5) is 32.7. The average molecular weight is 457 g/mol. The van der Waals surface area contributed by atoms with Crippen molar-refractivity contribution in [2.24, 2.45) is 0 Å². The van der Waals surface area contributed by atoms with Crippen LogP contribution in [0.3, 0.4) is 0 Å². The molecule has 0 spiro atoms. The average Bonchev–Trinajstić information content (AvgIpc) is 2.79. The van der Waals surface area contributed by atoms with Gasteiger partial charge in [-0.25, -0.2) is 9.59 Å². The van der Waals surface area contributed by atoms with Gasteiger partial charge in [0.2, 0.25) is 0 Å². The third-order valence-electron chi connectivity index (χ3n) is 6.90. The van der Waals surface area contributed by atoms with E-state index in [0.29, 0.717) is 37.2 Å². The zero-order chi connectivity index (χ0) is 24.1. The summed E-state index contributed by atoms with van der Waals surface area (Å²) in [6.45, 7) is 11.5. The van der Waals surface area contributed by atoms with Gasteiger partial charge in [-0.1, -0.05) is 38.1 Å². The summed E-state index contributed by atoms with van der Waals surface area (Å²) >= 11 is 0. The molecule has 1 saturated heterocycles. The van der Waals surface area contributed by atoms with E-state index in [9.17, 15) is 9.59 Å². The highest BCUT2D eigenvalue weighted by Crippen LogP contribution is 2.33. The van der Waals surface area contributed by atoms with Gasteiger partial charge in [-0.15, -0.1) is 0 Å². The van der Waals surface area contributed by atoms with Crippen molar-refractivity contribution in [2.45, 2.75) is 58.5 Å². The molecule has 7 heteroatoms. The minimum atomic E-state index is -0.526. The molecule has 3 rings (SSSR count). The summed E-state index contributed by atoms with van der Waals surface area (Å²) in [5.74, 6) is 0.0510. The van der Waals surface area contributed by atoms with Crippen LogP contribution in [0, 0.1) is 0 Å². The lowest BCUT2D eigenvalue weighted by Gasteiger charge is -2.40. The summed E-state index contributed by atoms with van der Waals surface area (Å²) in [6.07, 6.45) is 2.15. The van der Waals surface area contributed by atoms with Crippen molar-refractivity contribution >= 4 is 12.0 Å². The van der Waals surface area contributed by atoms with Crippen LogP contribution in [0.25, 0.3) is 0 Å². The second-order valence-corrected chi connectivity index (χ2v) is 9.48. The van der Waals surface area contributed by atoms with Crippen LogP contribution >= 0.6 is 0 Å². The van der Waals surface area contributed by atoms with Gasteiger partial charge < -0.3 is 15.0 Å². The number of likely N-dealkylation sites (N-methyl/N-ethyl adjacent to an activating group) is 2. The first-order chi connectivity index (χ1) is 15.8. The number of ether oxygens (including phenoxy) is 1. The SMILES string of the molecule is CCOC(=O)C1=C(CN(C)C2CCN(C)CC2)N(CC)C(=O)NC1c1ccc(C(C)C)cc1. The monoisotopic (exact) mass is 456 g/mol. The van der Waals surface area contributed by atoms with Crippen molar-refractivity contribution in [2.75, 3.05) is 46.9 Å². The van der Waals surface area contributed by atoms with Gasteiger partial charge in [-0.3, -0.25) is 9.80 Å². The van der Waals surface area contributed by atoms with E-state index in [1.807, 2.05) is 26.0 Å². The Hall–Kier alpha value is -2.38. The molecule has 0 bridgehead atoms. The molecule has 182 valence electrons. The molecular formula is C26H40N4O3. The van der Waals surface area contributed by atoms with Crippen LogP contribution in [0.2, 0.25) is 0 Å². The summed E-state index contributed by atoms with van der Waals surface area (Å²) in [7, 11) is 4.25. The normalized spacial score (nSPS) is 20.5. The molecule has 2 heterocycles. The highest BCUT2D eigenvalue weighted by Gasteiger charge is 2.38. The molecule has 1 N–H and O–H groups in total. The van der Waals surface area contributed by atoms with E-state index in [4.69, 9.17) is 4.74 Å². The second kappa shape index (κ2) is 11.2. The van der Waals surface area contributed by atoms with Gasteiger partial charge in [0.05, 0.1) is 18.2 Å². The maximum absolute atomic E-state index is 13.3. The Balaban J connectivity index is 2.01. The van der Waals surface area contributed by atoms with Crippen LogP contribution in [0.5, 0.6) is 0 Å². The molecule has 0 saturated carbocycles. The Morgan fingerprint density at radius 1 is 1.18 bits per heavy atom. The van der Waals surface area contributed by atoms with E-state index < -0.39 is 6.04 Å². The zero-order valence-corrected chi connectivity index (χ0v) is 21.1. The van der Waals surface area contributed by atoms with Crippen LogP contribution in [0.1, 0.15) is 63.6 Å². The van der Waals surface area contributed by atoms with Crippen molar-refractivity contribution in [1.29, 1.82) is 0 Å². The highest BCUT2D eigenvalue weighted by molar-refractivity contribution is 5.95. The van der Waals surface area contributed by atoms with Crippen LogP contribution in [-0.4, -0.2) is 79.6 Å². The minimum absolute atomic E-state index is 0.171. The summed E-state index contributed by atoms with van der Waals surface area (Å²) in [5, 5.41) is 3.06. The van der Waals surface area contributed by atoms with Crippen LogP contribution < -0.4 is 5.32 Å². The van der Waals surface area contributed by atoms with Gasteiger partial charge in [0.1, 0.15) is 0 Å². The molecule has 1 atom stereocenters. The number of rotatable bonds is 8. The summed E-state index contributed by atoms with van der Waals surface area (Å²) in [6, 6.07) is 7.90. The number of hydrogen-bond donors (Lipinski definition) is 1. The molecule has 0 aromatic heterocycles. The molecule has 33 heavy (non-hydrogen) atoms. The van der Waals surface area contributed by atoms with Crippen molar-refractivity contribution in [3.8, 4) is 0 Å². The van der Waals surface area contributed by atoms with E-state index in [1.54, 1.807) is 4.90 Å². The predicted molar refractivity (Wildman–Crippen MR) is 131 cm³/mol. The number of benzene rings is 1. The quantitative estimate of drug-likeness (QED) is 0.604. The summed E-state index contributed by atoms with van der Waals surface area (Å²) in [5.41, 5.74) is 3.40. The van der Waals surface area contributed by atoms with Gasteiger partial charge in [-0.2, -0.15) is 0 Å². The molecule has 2 amide bonds. The molecule has 7 nitrogen and oxygen atoms in total. The molecular weight excluding hydrogens is 416 g/mol. The third kappa shape index (κ3) is 5.76. The van der Waals surface area contributed by atoms with Gasteiger partial charge in [-0.05, 0) is 70.9 Å². The number of piperidine rings is 1. The Labute approximate surface area is 198 Å². The lowest BCUT2D eigenvalue weighted by atomic mass is 9.92. The Bertz CT molecular complexity index is 857. The molecule has 1 fully saturated rings. The number of carbonyl (C=O) groups excluding carboxylic acids is 2. The van der Waals surface area contributed by atoms with Crippen LogP contribution in [-0.2, 0) is 9.53 Å². The maximum Gasteiger partial charge on any atom is 0.338 e. The number of likely N-dealkylation sites (tertiary alicyclic amines) is 1. The first-order valence-electron chi connectivity index (χ1n) is 12.2. The van der Waals surface area contributed by atoms with Crippen molar-refractivity contribution in [3.05, 3.63) is 46.7 Å². The van der Waals surface area contributed by atoms with Crippen molar-refractivity contribution in [3.63, 3.8) is 0 Å². The first-order valence-corrected chi connectivity index (χ1v) is 12.2. The van der Waals surface area contributed by atoms with E-state index in [0.717, 1.165) is 37.2 Å². The van der Waals surface area contributed by atoms with Crippen molar-refractivity contribution < 1.29 is 14.3 Å². The lowest BCUT2D eigenvalue weighted by Crippen LogP contribution is -2.52. The number of urea groups is 1. The summed E-state index contributed by atoms with van der Waals surface area (Å²) < 4.78 is 5.49. The fraction of sp³-hybridized carbons (Fsp3) is 0.615. The van der Waals surface area contributed by atoms with Crippen molar-refractivity contribution in [1.82, 2.24) is 20.0 Å². The Kier molecular flexibility index (Phi) is 8.54. The largest absolute Gasteiger partial charge is 0.463 e. The number of nitrogens with zero attached hydrogens (tertiary/aromatic N) is 3. The van der Waals surface area contributed by atoms with Crippen LogP contribution in [0.15, 0.2) is 35.5 Å². The number of hydrogen-bond acceptors (Lipinski definition) is 5. The third-order valence-corrected chi connectivity index (χ3v) is 6.90. The second-order valence-electron chi connectivity index (χ2n) is 9.48. The number of nitrogens with one attached hydrogen (secondary N) is 1. The lowest BCUT2D eigenvalue weighted by molar-refractivity contribution is -0.139. The molecule has 1 unspecified atom stereocenters. The number of esters is 1. The van der Waals surface area contributed by atoms with Gasteiger partial charge in [0.15, 0.2) is 0 Å². The van der Waals surface area contributed by atoms with E-state index in [2.05, 4.69) is 55.2 Å². The fourth-order valence-corrected chi connectivity index (χ4v) is 4.78. The van der Waals surface area contributed by atoms with E-state index in [1.165, 1.54) is 5.56 Å². The number of carbonyl (C=O) groups is 2. The Morgan fingerprint density at radius 2 is 1.82 bits per heavy atom. The molecule has 2 aliphatic rings. The highest BCUT2D eigenvalue weighted by atomic mass is 16.5. The smallest absolute Gasteiger partial charge is 0.338 e. The predicted octanol–water partition coefficient (Wildman–Crippen LogP) is 3.74. The van der Waals surface area contributed by atoms with Gasteiger partial charge in [0.25, 0.3) is 0 Å². The Morgan fingerprint density at radius 3 is 2.36 bits per heavy atom. The van der Waals surface area contributed by atoms with Crippen LogP contribution in [0.4, 0.5) is 4.79 Å². The van der Waals surface area contributed by atoms with Gasteiger partial charge >= 0.3 is 12.0 Å².